The maximum atomic E-state index is 9.08. The van der Waals surface area contributed by atoms with Gasteiger partial charge in [0.2, 0.25) is 0 Å². The molecule has 0 aromatic heterocycles. The molecule has 0 fully saturated rings. The number of rotatable bonds is 2. The van der Waals surface area contributed by atoms with Gasteiger partial charge in [-0.1, -0.05) is 50.6 Å². The minimum atomic E-state index is -1.12. The Morgan fingerprint density at radius 3 is 1.00 bits per heavy atom. The molecule has 0 spiro atoms. The van der Waals surface area contributed by atoms with Gasteiger partial charge in [-0.05, 0) is 0 Å². The Balaban J connectivity index is -0.000000117. The molecule has 0 atom stereocenters. The number of hydrogen-bond donors (Lipinski definition) is 0. The molecule has 0 N–H and O–H groups in total. The molecule has 0 saturated carbocycles. The molecule has 2 nitrogen and oxygen atoms in total. The van der Waals surface area contributed by atoms with Crippen LogP contribution < -0.4 is 0 Å². The summed E-state index contributed by atoms with van der Waals surface area (Å²) in [6.07, 6.45) is 6.56. The van der Waals surface area contributed by atoms with E-state index in [0.29, 0.717) is 0 Å². The van der Waals surface area contributed by atoms with E-state index >= 15 is 0 Å². The first-order valence-electron chi connectivity index (χ1n) is 3.12. The monoisotopic (exact) mass is 262 g/mol. The molecule has 0 unspecified atom stereocenters. The van der Waals surface area contributed by atoms with Crippen LogP contribution in [0.2, 0.25) is 0 Å². The summed E-state index contributed by atoms with van der Waals surface area (Å²) < 4.78 is 2.95. The van der Waals surface area contributed by atoms with Crippen molar-refractivity contribution in [2.45, 2.75) is 0 Å². The van der Waals surface area contributed by atoms with Gasteiger partial charge in [-0.2, -0.15) is 0 Å². The number of hydrogen-bond acceptors (Lipinski definition) is 2. The zero-order valence-corrected chi connectivity index (χ0v) is 9.37. The molecule has 13 heavy (non-hydrogen) atoms. The molecule has 0 radical (unpaired) electrons. The molecule has 0 aliphatic carbocycles. The third kappa shape index (κ3) is 106. The van der Waals surface area contributed by atoms with Crippen LogP contribution in [0.15, 0.2) is 50.6 Å². The van der Waals surface area contributed by atoms with E-state index in [-0.39, 0.29) is 0 Å². The second kappa shape index (κ2) is 30.8. The molecule has 0 aromatic rings. The minimum absolute atomic E-state index is 1.12. The van der Waals surface area contributed by atoms with Gasteiger partial charge in [0.05, 0.1) is 0 Å². The second-order valence-electron chi connectivity index (χ2n) is 1.21. The average Bonchev–Trinajstić information content (AvgIpc) is 2.20. The quantitative estimate of drug-likeness (QED) is 0.561. The van der Waals surface area contributed by atoms with Crippen LogP contribution in [0.3, 0.4) is 0 Å². The Morgan fingerprint density at radius 2 is 1.00 bits per heavy atom. The summed E-state index contributed by atoms with van der Waals surface area (Å²) in [5, 5.41) is 0. The van der Waals surface area contributed by atoms with Crippen LogP contribution >= 0.6 is 0 Å². The van der Waals surface area contributed by atoms with Crippen molar-refractivity contribution in [1.29, 1.82) is 0 Å². The summed E-state index contributed by atoms with van der Waals surface area (Å²) in [7, 11) is 0. The van der Waals surface area contributed by atoms with E-state index in [1.165, 1.54) is 8.53 Å². The van der Waals surface area contributed by atoms with Crippen molar-refractivity contribution in [3.63, 3.8) is 0 Å². The fourth-order valence-corrected chi connectivity index (χ4v) is 0.101. The van der Waals surface area contributed by atoms with Crippen molar-refractivity contribution in [3.8, 4) is 0 Å². The summed E-state index contributed by atoms with van der Waals surface area (Å²) in [4.78, 5) is 18.2. The van der Waals surface area contributed by atoms with Crippen molar-refractivity contribution in [3.05, 3.63) is 50.6 Å². The van der Waals surface area contributed by atoms with Gasteiger partial charge in [-0.15, -0.1) is 0 Å². The Morgan fingerprint density at radius 1 is 0.769 bits per heavy atom. The van der Waals surface area contributed by atoms with Crippen molar-refractivity contribution in [2.24, 2.45) is 0 Å². The predicted molar refractivity (Wildman–Crippen MR) is 52.2 cm³/mol. The third-order valence-electron chi connectivity index (χ3n) is 0.417. The van der Waals surface area contributed by atoms with E-state index in [9.17, 15) is 0 Å². The van der Waals surface area contributed by atoms with Gasteiger partial charge in [0.15, 0.2) is 0 Å². The molecule has 3 heteroatoms. The van der Waals surface area contributed by atoms with Crippen molar-refractivity contribution in [2.75, 3.05) is 0 Å². The number of allylic oxidation sites excluding steroid dienone is 4. The SMILES string of the molecule is C=CC=C.C=CC=C.O=[C]=[Mo]=[C]=O. The molecular formula is C10H12MoO2. The third-order valence-corrected chi connectivity index (χ3v) is 0.826. The van der Waals surface area contributed by atoms with Gasteiger partial charge in [-0.3, -0.25) is 0 Å². The molecule has 0 heterocycles. The van der Waals surface area contributed by atoms with E-state index in [4.69, 9.17) is 9.59 Å². The van der Waals surface area contributed by atoms with Crippen LogP contribution in [-0.4, -0.2) is 8.53 Å². The molecule has 0 bridgehead atoms. The first-order valence-corrected chi connectivity index (χ1v) is 5.12. The summed E-state index contributed by atoms with van der Waals surface area (Å²) in [5.74, 6) is 0. The van der Waals surface area contributed by atoms with Crippen molar-refractivity contribution in [1.82, 2.24) is 0 Å². The topological polar surface area (TPSA) is 34.1 Å². The van der Waals surface area contributed by atoms with E-state index in [0.717, 1.165) is 0 Å². The summed E-state index contributed by atoms with van der Waals surface area (Å²) in [5.41, 5.74) is 0. The normalized spacial score (nSPS) is 4.62. The van der Waals surface area contributed by atoms with E-state index < -0.39 is 17.6 Å². The van der Waals surface area contributed by atoms with Crippen molar-refractivity contribution >= 4 is 8.53 Å². The Bertz CT molecular complexity index is 214. The van der Waals surface area contributed by atoms with Crippen LogP contribution in [0.4, 0.5) is 0 Å². The van der Waals surface area contributed by atoms with Gasteiger partial charge in [-0.25, -0.2) is 0 Å². The van der Waals surface area contributed by atoms with E-state index in [1.807, 2.05) is 0 Å². The first-order chi connectivity index (χ1) is 6.24. The van der Waals surface area contributed by atoms with Gasteiger partial charge >= 0.3 is 35.8 Å². The number of carbonyl (C=O) groups excluding carboxylic acids is 2. The zero-order valence-electron chi connectivity index (χ0n) is 7.36. The zero-order chi connectivity index (χ0) is 10.9. The van der Waals surface area contributed by atoms with Gasteiger partial charge in [0, 0.05) is 0 Å². The van der Waals surface area contributed by atoms with Crippen molar-refractivity contribution < 1.29 is 27.2 Å². The van der Waals surface area contributed by atoms with Crippen LogP contribution in [0.5, 0.6) is 0 Å². The van der Waals surface area contributed by atoms with Gasteiger partial charge < -0.3 is 0 Å². The molecule has 0 aliphatic rings. The standard InChI is InChI=1S/2C4H6.2CO.Mo/c2*1-3-4-2;2*1-2;/h2*3-4H,1-2H2;;;. The second-order valence-corrected chi connectivity index (χ2v) is 2.53. The van der Waals surface area contributed by atoms with Crippen LogP contribution in [0, 0.1) is 0 Å². The van der Waals surface area contributed by atoms with Gasteiger partial charge in [0.1, 0.15) is 0 Å². The van der Waals surface area contributed by atoms with E-state index in [2.05, 4.69) is 26.3 Å². The molecule has 0 saturated heterocycles. The molecule has 70 valence electrons. The summed E-state index contributed by atoms with van der Waals surface area (Å²) >= 11 is -1.12. The van der Waals surface area contributed by atoms with Crippen LogP contribution in [0.25, 0.3) is 0 Å². The predicted octanol–water partition coefficient (Wildman–Crippen LogP) is 1.92. The Kier molecular flexibility index (Phi) is 42.2. The molecule has 0 aliphatic heterocycles. The first kappa shape index (κ1) is 17.8. The van der Waals surface area contributed by atoms with Crippen LogP contribution in [-0.2, 0) is 27.2 Å². The molecule has 0 rings (SSSR count). The summed E-state index contributed by atoms with van der Waals surface area (Å²) in [6, 6.07) is 0. The Labute approximate surface area is 86.5 Å². The Hall–Kier alpha value is -1.19. The fraction of sp³-hybridized carbons (Fsp3) is 0. The molecular weight excluding hydrogens is 248 g/mol. The summed E-state index contributed by atoms with van der Waals surface area (Å²) in [6.45, 7) is 13.4. The average molecular weight is 260 g/mol. The molecule has 0 aromatic carbocycles. The van der Waals surface area contributed by atoms with Crippen LogP contribution in [0.1, 0.15) is 0 Å². The van der Waals surface area contributed by atoms with Gasteiger partial charge in [0.25, 0.3) is 0 Å². The fourth-order valence-electron chi connectivity index (χ4n) is 0.0170. The maximum absolute atomic E-state index is 9.08. The van der Waals surface area contributed by atoms with E-state index in [1.54, 1.807) is 24.3 Å². The molecule has 0 amide bonds.